The van der Waals surface area contributed by atoms with E-state index in [0.29, 0.717) is 11.9 Å². The fourth-order valence-electron chi connectivity index (χ4n) is 2.19. The van der Waals surface area contributed by atoms with E-state index in [0.717, 1.165) is 41.8 Å². The molecule has 2 aromatic rings. The lowest BCUT2D eigenvalue weighted by Gasteiger charge is -2.16. The van der Waals surface area contributed by atoms with Crippen LogP contribution < -0.4 is 11.1 Å². The van der Waals surface area contributed by atoms with E-state index in [1.807, 2.05) is 11.4 Å². The van der Waals surface area contributed by atoms with Gasteiger partial charge < -0.3 is 16.2 Å². The van der Waals surface area contributed by atoms with Gasteiger partial charge >= 0.3 is 0 Å². The summed E-state index contributed by atoms with van der Waals surface area (Å²) in [4.78, 5) is 9.37. The highest BCUT2D eigenvalue weighted by atomic mass is 32.1. The molecule has 104 valence electrons. The number of aliphatic hydroxyl groups excluding tert-OH is 1. The summed E-state index contributed by atoms with van der Waals surface area (Å²) in [5.41, 5.74) is 5.71. The van der Waals surface area contributed by atoms with Crippen molar-refractivity contribution in [1.82, 2.24) is 9.97 Å². The van der Waals surface area contributed by atoms with Gasteiger partial charge in [-0.1, -0.05) is 13.3 Å². The van der Waals surface area contributed by atoms with Crippen molar-refractivity contribution in [2.75, 3.05) is 24.2 Å². The molecule has 19 heavy (non-hydrogen) atoms. The van der Waals surface area contributed by atoms with Gasteiger partial charge in [0.25, 0.3) is 0 Å². The molecule has 6 heteroatoms. The summed E-state index contributed by atoms with van der Waals surface area (Å²) in [6, 6.07) is 2.00. The van der Waals surface area contributed by atoms with Crippen LogP contribution in [-0.2, 0) is 0 Å². The first kappa shape index (κ1) is 14.0. The summed E-state index contributed by atoms with van der Waals surface area (Å²) >= 11 is 1.56. The quantitative estimate of drug-likeness (QED) is 0.725. The summed E-state index contributed by atoms with van der Waals surface area (Å²) in [5, 5.41) is 15.4. The zero-order chi connectivity index (χ0) is 13.7. The molecule has 0 aromatic carbocycles. The number of hydrogen-bond acceptors (Lipinski definition) is 6. The van der Waals surface area contributed by atoms with Gasteiger partial charge in [-0.3, -0.25) is 0 Å². The molecule has 0 aliphatic heterocycles. The van der Waals surface area contributed by atoms with Crippen molar-refractivity contribution in [3.05, 3.63) is 11.4 Å². The van der Waals surface area contributed by atoms with Gasteiger partial charge in [-0.15, -0.1) is 11.3 Å². The predicted molar refractivity (Wildman–Crippen MR) is 80.4 cm³/mol. The van der Waals surface area contributed by atoms with Crippen molar-refractivity contribution < 1.29 is 5.11 Å². The Bertz CT molecular complexity index is 522. The van der Waals surface area contributed by atoms with E-state index >= 15 is 0 Å². The number of nitrogen functional groups attached to an aromatic ring is 1. The van der Waals surface area contributed by atoms with Crippen molar-refractivity contribution in [3.8, 4) is 0 Å². The Morgan fingerprint density at radius 2 is 2.26 bits per heavy atom. The number of aromatic nitrogens is 2. The van der Waals surface area contributed by atoms with Gasteiger partial charge in [-0.2, -0.15) is 4.98 Å². The third-order valence-corrected chi connectivity index (χ3v) is 3.94. The Hall–Kier alpha value is -1.40. The lowest BCUT2D eigenvalue weighted by atomic mass is 10.0. The van der Waals surface area contributed by atoms with Gasteiger partial charge in [-0.25, -0.2) is 4.98 Å². The molecule has 0 saturated heterocycles. The third-order valence-electron chi connectivity index (χ3n) is 3.13. The van der Waals surface area contributed by atoms with E-state index in [9.17, 15) is 0 Å². The van der Waals surface area contributed by atoms with E-state index in [1.54, 1.807) is 11.3 Å². The first-order valence-corrected chi connectivity index (χ1v) is 7.48. The van der Waals surface area contributed by atoms with E-state index in [4.69, 9.17) is 10.8 Å². The van der Waals surface area contributed by atoms with Crippen LogP contribution in [0.4, 0.5) is 11.8 Å². The summed E-state index contributed by atoms with van der Waals surface area (Å²) in [6.45, 7) is 3.19. The number of nitrogens with one attached hydrogen (secondary N) is 1. The molecule has 1 atom stereocenters. The number of rotatable bonds is 7. The standard InChI is InChI=1S/C13H20N4OS/c1-2-3-9(4-6-18)8-15-11-10-5-7-19-12(10)17-13(14)16-11/h5,7,9,18H,2-4,6,8H2,1H3,(H3,14,15,16,17). The lowest BCUT2D eigenvalue weighted by molar-refractivity contribution is 0.255. The second-order valence-corrected chi connectivity index (χ2v) is 5.51. The predicted octanol–water partition coefficient (Wildman–Crippen LogP) is 2.48. The molecular weight excluding hydrogens is 260 g/mol. The molecule has 0 amide bonds. The SMILES string of the molecule is CCCC(CCO)CNc1nc(N)nc2sccc12. The number of thiophene rings is 1. The lowest BCUT2D eigenvalue weighted by Crippen LogP contribution is -2.17. The van der Waals surface area contributed by atoms with Gasteiger partial charge in [0.1, 0.15) is 10.6 Å². The fraction of sp³-hybridized carbons (Fsp3) is 0.538. The molecule has 0 aliphatic carbocycles. The normalized spacial score (nSPS) is 12.7. The summed E-state index contributed by atoms with van der Waals surface area (Å²) < 4.78 is 0. The minimum absolute atomic E-state index is 0.228. The Morgan fingerprint density at radius 1 is 1.42 bits per heavy atom. The topological polar surface area (TPSA) is 84.1 Å². The van der Waals surface area contributed by atoms with E-state index in [-0.39, 0.29) is 6.61 Å². The van der Waals surface area contributed by atoms with Crippen LogP contribution in [0.5, 0.6) is 0 Å². The van der Waals surface area contributed by atoms with Crippen LogP contribution in [0.25, 0.3) is 10.2 Å². The van der Waals surface area contributed by atoms with Crippen molar-refractivity contribution in [2.45, 2.75) is 26.2 Å². The fourth-order valence-corrected chi connectivity index (χ4v) is 2.96. The molecule has 0 bridgehead atoms. The maximum absolute atomic E-state index is 9.07. The van der Waals surface area contributed by atoms with Crippen LogP contribution in [0.15, 0.2) is 11.4 Å². The highest BCUT2D eigenvalue weighted by molar-refractivity contribution is 7.16. The Morgan fingerprint density at radius 3 is 3.00 bits per heavy atom. The van der Waals surface area contributed by atoms with Crippen molar-refractivity contribution in [2.24, 2.45) is 5.92 Å². The van der Waals surface area contributed by atoms with E-state index in [1.165, 1.54) is 0 Å². The zero-order valence-corrected chi connectivity index (χ0v) is 11.9. The molecule has 2 aromatic heterocycles. The van der Waals surface area contributed by atoms with Gasteiger partial charge in [0, 0.05) is 13.2 Å². The maximum atomic E-state index is 9.07. The maximum Gasteiger partial charge on any atom is 0.223 e. The number of nitrogens with zero attached hydrogens (tertiary/aromatic N) is 2. The molecule has 1 unspecified atom stereocenters. The Labute approximate surface area is 116 Å². The number of anilines is 2. The van der Waals surface area contributed by atoms with Crippen LogP contribution in [0.1, 0.15) is 26.2 Å². The molecule has 5 nitrogen and oxygen atoms in total. The second kappa shape index (κ2) is 6.68. The zero-order valence-electron chi connectivity index (χ0n) is 11.1. The van der Waals surface area contributed by atoms with Crippen molar-refractivity contribution in [3.63, 3.8) is 0 Å². The van der Waals surface area contributed by atoms with Crippen LogP contribution in [-0.4, -0.2) is 28.2 Å². The highest BCUT2D eigenvalue weighted by Gasteiger charge is 2.11. The van der Waals surface area contributed by atoms with Crippen molar-refractivity contribution >= 4 is 33.3 Å². The van der Waals surface area contributed by atoms with Crippen LogP contribution >= 0.6 is 11.3 Å². The Balaban J connectivity index is 2.09. The van der Waals surface area contributed by atoms with Crippen LogP contribution in [0.2, 0.25) is 0 Å². The third kappa shape index (κ3) is 3.54. The van der Waals surface area contributed by atoms with Crippen LogP contribution in [0, 0.1) is 5.92 Å². The molecule has 0 fully saturated rings. The highest BCUT2D eigenvalue weighted by Crippen LogP contribution is 2.26. The molecule has 2 rings (SSSR count). The van der Waals surface area contributed by atoms with Gasteiger partial charge in [-0.05, 0) is 30.2 Å². The molecular formula is C13H20N4OS. The molecule has 0 spiro atoms. The summed E-state index contributed by atoms with van der Waals surface area (Å²) in [5.74, 6) is 1.55. The first-order chi connectivity index (χ1) is 9.24. The molecule has 0 aliphatic rings. The molecule has 0 saturated carbocycles. The average molecular weight is 280 g/mol. The molecule has 0 radical (unpaired) electrons. The average Bonchev–Trinajstić information content (AvgIpc) is 2.84. The largest absolute Gasteiger partial charge is 0.396 e. The van der Waals surface area contributed by atoms with E-state index in [2.05, 4.69) is 22.2 Å². The van der Waals surface area contributed by atoms with Crippen LogP contribution in [0.3, 0.4) is 0 Å². The van der Waals surface area contributed by atoms with Gasteiger partial charge in [0.15, 0.2) is 0 Å². The summed E-state index contributed by atoms with van der Waals surface area (Å²) in [7, 11) is 0. The number of aliphatic hydroxyl groups is 1. The van der Waals surface area contributed by atoms with E-state index < -0.39 is 0 Å². The minimum Gasteiger partial charge on any atom is -0.396 e. The number of fused-ring (bicyclic) bond motifs is 1. The number of nitrogens with two attached hydrogens (primary N) is 1. The minimum atomic E-state index is 0.228. The van der Waals surface area contributed by atoms with Gasteiger partial charge in [0.05, 0.1) is 5.39 Å². The first-order valence-electron chi connectivity index (χ1n) is 6.60. The monoisotopic (exact) mass is 280 g/mol. The smallest absolute Gasteiger partial charge is 0.223 e. The van der Waals surface area contributed by atoms with Crippen molar-refractivity contribution in [1.29, 1.82) is 0 Å². The number of hydrogen-bond donors (Lipinski definition) is 3. The molecule has 2 heterocycles. The van der Waals surface area contributed by atoms with Gasteiger partial charge in [0.2, 0.25) is 5.95 Å². The molecule has 4 N–H and O–H groups in total. The second-order valence-electron chi connectivity index (χ2n) is 4.62. The summed E-state index contributed by atoms with van der Waals surface area (Å²) in [6.07, 6.45) is 3.03. The Kier molecular flexibility index (Phi) is 4.93.